The van der Waals surface area contributed by atoms with Gasteiger partial charge in [-0.25, -0.2) is 4.39 Å². The number of hydrogen-bond acceptors (Lipinski definition) is 4. The molecule has 0 unspecified atom stereocenters. The Hall–Kier alpha value is -1.69. The first-order chi connectivity index (χ1) is 7.06. The van der Waals surface area contributed by atoms with E-state index in [4.69, 9.17) is 5.11 Å². The minimum atomic E-state index is -0.664. The van der Waals surface area contributed by atoms with E-state index in [1.54, 1.807) is 0 Å². The molecule has 0 heterocycles. The van der Waals surface area contributed by atoms with Crippen LogP contribution in [0.25, 0.3) is 0 Å². The minimum absolute atomic E-state index is 0.145. The molecule has 0 fully saturated rings. The van der Waals surface area contributed by atoms with Crippen LogP contribution >= 0.6 is 0 Å². The van der Waals surface area contributed by atoms with Gasteiger partial charge in [0.1, 0.15) is 11.5 Å². The molecule has 0 saturated heterocycles. The summed E-state index contributed by atoms with van der Waals surface area (Å²) in [6.07, 6.45) is 0. The van der Waals surface area contributed by atoms with Crippen LogP contribution in [-0.2, 0) is 0 Å². The molecule has 0 aliphatic rings. The van der Waals surface area contributed by atoms with E-state index in [1.165, 1.54) is 13.0 Å². The Morgan fingerprint density at radius 3 is 2.80 bits per heavy atom. The molecule has 0 spiro atoms. The molecule has 6 heteroatoms. The van der Waals surface area contributed by atoms with E-state index in [9.17, 15) is 14.5 Å². The van der Waals surface area contributed by atoms with Gasteiger partial charge in [0, 0.05) is 6.54 Å². The van der Waals surface area contributed by atoms with Crippen molar-refractivity contribution in [1.82, 2.24) is 0 Å². The first-order valence-corrected chi connectivity index (χ1v) is 4.35. The summed E-state index contributed by atoms with van der Waals surface area (Å²) in [5.74, 6) is -0.615. The van der Waals surface area contributed by atoms with Gasteiger partial charge < -0.3 is 10.4 Å². The van der Waals surface area contributed by atoms with E-state index >= 15 is 0 Å². The van der Waals surface area contributed by atoms with Gasteiger partial charge >= 0.3 is 0 Å². The summed E-state index contributed by atoms with van der Waals surface area (Å²) in [4.78, 5) is 9.92. The van der Waals surface area contributed by atoms with Crippen LogP contribution in [0.15, 0.2) is 12.1 Å². The lowest BCUT2D eigenvalue weighted by atomic mass is 10.2. The number of rotatable bonds is 4. The van der Waals surface area contributed by atoms with Crippen LogP contribution in [0, 0.1) is 22.9 Å². The second kappa shape index (κ2) is 4.70. The molecule has 1 aromatic carbocycles. The second-order valence-corrected chi connectivity index (χ2v) is 3.03. The van der Waals surface area contributed by atoms with Gasteiger partial charge in [-0.15, -0.1) is 0 Å². The lowest BCUT2D eigenvalue weighted by molar-refractivity contribution is -0.384. The predicted octanol–water partition coefficient (Wildman–Crippen LogP) is 1.45. The van der Waals surface area contributed by atoms with Crippen molar-refractivity contribution in [2.45, 2.75) is 6.92 Å². The predicted molar refractivity (Wildman–Crippen MR) is 53.4 cm³/mol. The topological polar surface area (TPSA) is 75.4 Å². The molecule has 1 aromatic rings. The Morgan fingerprint density at radius 2 is 2.27 bits per heavy atom. The lowest BCUT2D eigenvalue weighted by Gasteiger charge is -2.06. The molecule has 82 valence electrons. The zero-order chi connectivity index (χ0) is 11.4. The molecule has 0 aliphatic heterocycles. The highest BCUT2D eigenvalue weighted by atomic mass is 19.1. The third-order valence-electron chi connectivity index (χ3n) is 1.90. The molecule has 5 nitrogen and oxygen atoms in total. The van der Waals surface area contributed by atoms with E-state index in [2.05, 4.69) is 5.32 Å². The lowest BCUT2D eigenvalue weighted by Crippen LogP contribution is -2.08. The number of nitro groups is 1. The van der Waals surface area contributed by atoms with Crippen molar-refractivity contribution in [1.29, 1.82) is 0 Å². The van der Waals surface area contributed by atoms with Crippen LogP contribution < -0.4 is 5.32 Å². The number of halogens is 1. The van der Waals surface area contributed by atoms with Crippen molar-refractivity contribution in [2.75, 3.05) is 18.5 Å². The Morgan fingerprint density at radius 1 is 1.60 bits per heavy atom. The number of aryl methyl sites for hydroxylation is 1. The number of benzene rings is 1. The van der Waals surface area contributed by atoms with Gasteiger partial charge in [0.2, 0.25) is 0 Å². The number of anilines is 1. The summed E-state index contributed by atoms with van der Waals surface area (Å²) in [5.41, 5.74) is 0.209. The quantitative estimate of drug-likeness (QED) is 0.587. The standard InChI is InChI=1S/C9H11FN2O3/c1-6-4-8(11-2-3-13)9(12(14)15)5-7(6)10/h4-5,11,13H,2-3H2,1H3. The fourth-order valence-electron chi connectivity index (χ4n) is 1.15. The van der Waals surface area contributed by atoms with Gasteiger partial charge in [-0.05, 0) is 18.6 Å². The maximum Gasteiger partial charge on any atom is 0.295 e. The van der Waals surface area contributed by atoms with Crippen LogP contribution in [0.4, 0.5) is 15.8 Å². The van der Waals surface area contributed by atoms with Gasteiger partial charge in [0.05, 0.1) is 17.6 Å². The van der Waals surface area contributed by atoms with E-state index in [1.807, 2.05) is 0 Å². The van der Waals surface area contributed by atoms with E-state index < -0.39 is 10.7 Å². The third-order valence-corrected chi connectivity index (χ3v) is 1.90. The van der Waals surface area contributed by atoms with Crippen LogP contribution in [0.1, 0.15) is 5.56 Å². The Labute approximate surface area is 85.7 Å². The number of nitrogens with zero attached hydrogens (tertiary/aromatic N) is 1. The van der Waals surface area contributed by atoms with Crippen LogP contribution in [0.5, 0.6) is 0 Å². The molecule has 0 aromatic heterocycles. The number of hydrogen-bond donors (Lipinski definition) is 2. The summed E-state index contributed by atoms with van der Waals surface area (Å²) in [6.45, 7) is 1.56. The molecular weight excluding hydrogens is 203 g/mol. The Bertz CT molecular complexity index is 382. The second-order valence-electron chi connectivity index (χ2n) is 3.03. The van der Waals surface area contributed by atoms with Gasteiger partial charge in [0.15, 0.2) is 0 Å². The van der Waals surface area contributed by atoms with Crippen molar-refractivity contribution >= 4 is 11.4 Å². The molecule has 2 N–H and O–H groups in total. The maximum absolute atomic E-state index is 13.1. The highest BCUT2D eigenvalue weighted by molar-refractivity contribution is 5.63. The van der Waals surface area contributed by atoms with Crippen molar-refractivity contribution in [2.24, 2.45) is 0 Å². The minimum Gasteiger partial charge on any atom is -0.395 e. The molecule has 0 aliphatic carbocycles. The van der Waals surface area contributed by atoms with E-state index in [0.29, 0.717) is 5.56 Å². The van der Waals surface area contributed by atoms with Crippen molar-refractivity contribution < 1.29 is 14.4 Å². The van der Waals surface area contributed by atoms with Gasteiger partial charge in [-0.1, -0.05) is 0 Å². The van der Waals surface area contributed by atoms with Gasteiger partial charge in [0.25, 0.3) is 5.69 Å². The highest BCUT2D eigenvalue weighted by Gasteiger charge is 2.16. The monoisotopic (exact) mass is 214 g/mol. The number of nitro benzene ring substituents is 1. The van der Waals surface area contributed by atoms with Crippen molar-refractivity contribution in [3.63, 3.8) is 0 Å². The van der Waals surface area contributed by atoms with Gasteiger partial charge in [-0.3, -0.25) is 10.1 Å². The number of nitrogens with one attached hydrogen (secondary N) is 1. The average molecular weight is 214 g/mol. The van der Waals surface area contributed by atoms with Crippen LogP contribution in [-0.4, -0.2) is 23.2 Å². The summed E-state index contributed by atoms with van der Waals surface area (Å²) in [5, 5.41) is 21.8. The maximum atomic E-state index is 13.1. The van der Waals surface area contributed by atoms with E-state index in [0.717, 1.165) is 6.07 Å². The molecule has 0 radical (unpaired) electrons. The summed E-state index contributed by atoms with van der Waals surface area (Å²) in [6, 6.07) is 2.22. The number of aliphatic hydroxyl groups is 1. The Balaban J connectivity index is 3.10. The summed E-state index contributed by atoms with van der Waals surface area (Å²) >= 11 is 0. The molecule has 0 bridgehead atoms. The first kappa shape index (κ1) is 11.4. The fraction of sp³-hybridized carbons (Fsp3) is 0.333. The molecular formula is C9H11FN2O3. The zero-order valence-corrected chi connectivity index (χ0v) is 8.16. The highest BCUT2D eigenvalue weighted by Crippen LogP contribution is 2.27. The molecule has 1 rings (SSSR count). The summed E-state index contributed by atoms with van der Waals surface area (Å²) < 4.78 is 13.1. The fourth-order valence-corrected chi connectivity index (χ4v) is 1.15. The SMILES string of the molecule is Cc1cc(NCCO)c([N+](=O)[O-])cc1F. The average Bonchev–Trinajstić information content (AvgIpc) is 2.19. The first-order valence-electron chi connectivity index (χ1n) is 4.35. The number of aliphatic hydroxyl groups excluding tert-OH is 1. The summed E-state index contributed by atoms with van der Waals surface area (Å²) in [7, 11) is 0. The van der Waals surface area contributed by atoms with Crippen LogP contribution in [0.2, 0.25) is 0 Å². The zero-order valence-electron chi connectivity index (χ0n) is 8.16. The smallest absolute Gasteiger partial charge is 0.295 e. The van der Waals surface area contributed by atoms with Crippen LogP contribution in [0.3, 0.4) is 0 Å². The van der Waals surface area contributed by atoms with Crippen molar-refractivity contribution in [3.8, 4) is 0 Å². The van der Waals surface area contributed by atoms with Gasteiger partial charge in [-0.2, -0.15) is 0 Å². The molecule has 0 saturated carbocycles. The normalized spacial score (nSPS) is 10.1. The molecule has 15 heavy (non-hydrogen) atoms. The Kier molecular flexibility index (Phi) is 3.56. The molecule has 0 amide bonds. The van der Waals surface area contributed by atoms with Crippen molar-refractivity contribution in [3.05, 3.63) is 33.6 Å². The van der Waals surface area contributed by atoms with E-state index in [-0.39, 0.29) is 24.5 Å². The molecule has 0 atom stereocenters. The third kappa shape index (κ3) is 2.63. The largest absolute Gasteiger partial charge is 0.395 e.